The Labute approximate surface area is 188 Å². The monoisotopic (exact) mass is 444 g/mol. The van der Waals surface area contributed by atoms with E-state index in [1.54, 1.807) is 0 Å². The van der Waals surface area contributed by atoms with Gasteiger partial charge in [-0.15, -0.1) is 10.2 Å². The summed E-state index contributed by atoms with van der Waals surface area (Å²) in [6.07, 6.45) is 12.4. The minimum atomic E-state index is 0.294. The van der Waals surface area contributed by atoms with E-state index in [0.717, 1.165) is 15.2 Å². The molecule has 4 rings (SSSR count). The van der Waals surface area contributed by atoms with Crippen LogP contribution < -0.4 is 5.32 Å². The minimum Gasteiger partial charge on any atom is -0.336 e. The number of carbonyl (C=O) groups is 1. The van der Waals surface area contributed by atoms with Gasteiger partial charge in [0.2, 0.25) is 11.0 Å². The van der Waals surface area contributed by atoms with Crippen LogP contribution in [-0.4, -0.2) is 38.8 Å². The van der Waals surface area contributed by atoms with Crippen molar-refractivity contribution in [2.45, 2.75) is 87.6 Å². The molecule has 0 aliphatic heterocycles. The lowest BCUT2D eigenvalue weighted by molar-refractivity contribution is -0.135. The molecule has 0 atom stereocenters. The van der Waals surface area contributed by atoms with Gasteiger partial charge >= 0.3 is 0 Å². The molecule has 0 saturated heterocycles. The van der Waals surface area contributed by atoms with E-state index in [1.807, 2.05) is 12.1 Å². The fraction of sp³-hybridized carbons (Fsp3) is 0.609. The molecule has 2 fully saturated rings. The number of rotatable bonds is 7. The second-order valence-corrected chi connectivity index (χ2v) is 10.7. The van der Waals surface area contributed by atoms with Crippen LogP contribution in [0.1, 0.15) is 69.8 Å². The number of thioether (sulfide) groups is 1. The van der Waals surface area contributed by atoms with Crippen LogP contribution in [0.25, 0.3) is 0 Å². The van der Waals surface area contributed by atoms with E-state index in [1.165, 1.54) is 92.9 Å². The van der Waals surface area contributed by atoms with Crippen molar-refractivity contribution in [1.29, 1.82) is 0 Å². The van der Waals surface area contributed by atoms with Gasteiger partial charge < -0.3 is 10.2 Å². The highest BCUT2D eigenvalue weighted by molar-refractivity contribution is 8.01. The lowest BCUT2D eigenvalue weighted by Crippen LogP contribution is -2.49. The Kier molecular flexibility index (Phi) is 7.66. The van der Waals surface area contributed by atoms with Crippen LogP contribution in [0.15, 0.2) is 28.6 Å². The van der Waals surface area contributed by atoms with Crippen molar-refractivity contribution in [3.05, 3.63) is 29.8 Å². The highest BCUT2D eigenvalue weighted by atomic mass is 32.2. The number of hydrogen-bond donors (Lipinski definition) is 1. The maximum Gasteiger partial charge on any atom is 0.233 e. The van der Waals surface area contributed by atoms with Gasteiger partial charge in [0.05, 0.1) is 5.75 Å². The van der Waals surface area contributed by atoms with E-state index in [-0.39, 0.29) is 0 Å². The third kappa shape index (κ3) is 5.76. The van der Waals surface area contributed by atoms with E-state index < -0.39 is 0 Å². The summed E-state index contributed by atoms with van der Waals surface area (Å²) in [5.41, 5.74) is 2.22. The van der Waals surface area contributed by atoms with Gasteiger partial charge in [0, 0.05) is 17.8 Å². The lowest BCUT2D eigenvalue weighted by Gasteiger charge is -2.41. The number of amides is 1. The molecule has 2 aliphatic rings. The summed E-state index contributed by atoms with van der Waals surface area (Å²) in [4.78, 5) is 15.6. The molecule has 2 aromatic rings. The first-order chi connectivity index (χ1) is 14.7. The van der Waals surface area contributed by atoms with Crippen LogP contribution in [0.3, 0.4) is 0 Å². The van der Waals surface area contributed by atoms with E-state index >= 15 is 0 Å². The Hall–Kier alpha value is -1.60. The van der Waals surface area contributed by atoms with Gasteiger partial charge in [0.25, 0.3) is 0 Å². The zero-order chi connectivity index (χ0) is 20.8. The summed E-state index contributed by atoms with van der Waals surface area (Å²) in [5, 5.41) is 12.6. The molecule has 30 heavy (non-hydrogen) atoms. The molecule has 5 nitrogen and oxygen atoms in total. The van der Waals surface area contributed by atoms with E-state index in [4.69, 9.17) is 0 Å². The van der Waals surface area contributed by atoms with Gasteiger partial charge in [-0.2, -0.15) is 0 Å². The fourth-order valence-corrected chi connectivity index (χ4v) is 6.43. The Balaban J connectivity index is 1.36. The van der Waals surface area contributed by atoms with Gasteiger partial charge in [-0.25, -0.2) is 0 Å². The number of nitrogens with zero attached hydrogens (tertiary/aromatic N) is 3. The van der Waals surface area contributed by atoms with E-state index in [9.17, 15) is 4.79 Å². The third-order valence-corrected chi connectivity index (χ3v) is 8.18. The smallest absolute Gasteiger partial charge is 0.233 e. The summed E-state index contributed by atoms with van der Waals surface area (Å²) in [6.45, 7) is 2.07. The average molecular weight is 445 g/mol. The molecule has 0 spiro atoms. The second-order valence-electron chi connectivity index (χ2n) is 8.54. The van der Waals surface area contributed by atoms with Crippen LogP contribution in [0, 0.1) is 6.92 Å². The summed E-state index contributed by atoms with van der Waals surface area (Å²) < 4.78 is 0.853. The Morgan fingerprint density at radius 3 is 2.37 bits per heavy atom. The first-order valence-corrected chi connectivity index (χ1v) is 13.1. The predicted octanol–water partition coefficient (Wildman–Crippen LogP) is 6.18. The molecule has 162 valence electrons. The Morgan fingerprint density at radius 2 is 1.73 bits per heavy atom. The molecule has 1 aromatic heterocycles. The first kappa shape index (κ1) is 21.6. The number of benzene rings is 1. The van der Waals surface area contributed by atoms with E-state index in [0.29, 0.717) is 23.7 Å². The highest BCUT2D eigenvalue weighted by Gasteiger charge is 2.32. The molecule has 0 unspecified atom stereocenters. The fourth-order valence-electron chi connectivity index (χ4n) is 4.79. The van der Waals surface area contributed by atoms with E-state index in [2.05, 4.69) is 39.5 Å². The maximum atomic E-state index is 13.3. The van der Waals surface area contributed by atoms with Gasteiger partial charge in [-0.3, -0.25) is 4.79 Å². The molecular weight excluding hydrogens is 412 g/mol. The molecule has 0 radical (unpaired) electrons. The average Bonchev–Trinajstić information content (AvgIpc) is 3.21. The number of nitrogens with one attached hydrogen (secondary N) is 1. The Bertz CT molecular complexity index is 810. The molecule has 0 bridgehead atoms. The summed E-state index contributed by atoms with van der Waals surface area (Å²) >= 11 is 3.05. The molecule has 1 amide bonds. The zero-order valence-electron chi connectivity index (χ0n) is 17.8. The van der Waals surface area contributed by atoms with Crippen molar-refractivity contribution in [3.8, 4) is 0 Å². The van der Waals surface area contributed by atoms with Gasteiger partial charge in [-0.05, 0) is 50.3 Å². The van der Waals surface area contributed by atoms with Crippen molar-refractivity contribution >= 4 is 39.8 Å². The molecular formula is C23H32N4OS2. The van der Waals surface area contributed by atoms with Crippen LogP contribution >= 0.6 is 23.1 Å². The molecule has 1 N–H and O–H groups in total. The predicted molar refractivity (Wildman–Crippen MR) is 126 cm³/mol. The topological polar surface area (TPSA) is 58.1 Å². The van der Waals surface area contributed by atoms with Crippen molar-refractivity contribution < 1.29 is 4.79 Å². The summed E-state index contributed by atoms with van der Waals surface area (Å²) in [5.74, 6) is 0.758. The van der Waals surface area contributed by atoms with Crippen LogP contribution in [-0.2, 0) is 4.79 Å². The van der Waals surface area contributed by atoms with Crippen molar-refractivity contribution in [2.24, 2.45) is 0 Å². The van der Waals surface area contributed by atoms with Crippen molar-refractivity contribution in [3.63, 3.8) is 0 Å². The van der Waals surface area contributed by atoms with Gasteiger partial charge in [0.15, 0.2) is 4.34 Å². The van der Waals surface area contributed by atoms with Crippen molar-refractivity contribution in [1.82, 2.24) is 15.1 Å². The van der Waals surface area contributed by atoms with Gasteiger partial charge in [-0.1, -0.05) is 73.8 Å². The number of anilines is 2. The maximum absolute atomic E-state index is 13.3. The minimum absolute atomic E-state index is 0.294. The van der Waals surface area contributed by atoms with Crippen molar-refractivity contribution in [2.75, 3.05) is 11.1 Å². The summed E-state index contributed by atoms with van der Waals surface area (Å²) in [6, 6.07) is 9.10. The van der Waals surface area contributed by atoms with Crippen LogP contribution in [0.5, 0.6) is 0 Å². The lowest BCUT2D eigenvalue weighted by atomic mass is 9.88. The molecule has 7 heteroatoms. The molecule has 2 saturated carbocycles. The Morgan fingerprint density at radius 1 is 1.07 bits per heavy atom. The van der Waals surface area contributed by atoms with Crippen LogP contribution in [0.4, 0.5) is 10.8 Å². The number of carbonyl (C=O) groups excluding carboxylic acids is 1. The molecule has 1 heterocycles. The molecule has 1 aromatic carbocycles. The normalized spacial score (nSPS) is 18.3. The quantitative estimate of drug-likeness (QED) is 0.517. The van der Waals surface area contributed by atoms with Gasteiger partial charge in [0.1, 0.15) is 0 Å². The SMILES string of the molecule is Cc1cccc(Nc2nnc(SCC(=O)N(C3CCCCC3)C3CCCCC3)s2)c1. The van der Waals surface area contributed by atoms with Crippen LogP contribution in [0.2, 0.25) is 0 Å². The summed E-state index contributed by atoms with van der Waals surface area (Å²) in [7, 11) is 0. The highest BCUT2D eigenvalue weighted by Crippen LogP contribution is 2.32. The molecule has 2 aliphatic carbocycles. The first-order valence-electron chi connectivity index (χ1n) is 11.3. The second kappa shape index (κ2) is 10.6. The number of hydrogen-bond acceptors (Lipinski definition) is 6. The largest absolute Gasteiger partial charge is 0.336 e. The number of aryl methyl sites for hydroxylation is 1. The standard InChI is InChI=1S/C23H32N4OS2/c1-17-9-8-10-18(15-17)24-22-25-26-23(30-22)29-16-21(28)27(19-11-4-2-5-12-19)20-13-6-3-7-14-20/h8-10,15,19-20H,2-7,11-14,16H2,1H3,(H,24,25). The third-order valence-electron chi connectivity index (χ3n) is 6.22. The number of aromatic nitrogens is 2. The zero-order valence-corrected chi connectivity index (χ0v) is 19.4.